The predicted molar refractivity (Wildman–Crippen MR) is 115 cm³/mol. The molecule has 0 aliphatic carbocycles. The third-order valence-electron chi connectivity index (χ3n) is 4.62. The second-order valence-corrected chi connectivity index (χ2v) is 10.1. The van der Waals surface area contributed by atoms with Gasteiger partial charge in [0.2, 0.25) is 17.8 Å². The summed E-state index contributed by atoms with van der Waals surface area (Å²) in [7, 11) is -1.36. The molecular formula is C18H21N7O4S2. The summed E-state index contributed by atoms with van der Waals surface area (Å²) in [5, 5.41) is 11.5. The number of nitrogen functional groups attached to an aromatic ring is 1. The van der Waals surface area contributed by atoms with Gasteiger partial charge in [-0.3, -0.25) is 0 Å². The van der Waals surface area contributed by atoms with Gasteiger partial charge in [-0.2, -0.15) is 15.0 Å². The van der Waals surface area contributed by atoms with E-state index in [9.17, 15) is 8.42 Å². The van der Waals surface area contributed by atoms with Gasteiger partial charge in [0.1, 0.15) is 11.6 Å². The van der Waals surface area contributed by atoms with Crippen molar-refractivity contribution in [3.63, 3.8) is 0 Å². The summed E-state index contributed by atoms with van der Waals surface area (Å²) in [6.45, 7) is 0. The molecule has 0 spiro atoms. The van der Waals surface area contributed by atoms with Crippen molar-refractivity contribution in [2.45, 2.75) is 23.8 Å². The fourth-order valence-electron chi connectivity index (χ4n) is 3.21. The molecule has 13 heteroatoms. The quantitative estimate of drug-likeness (QED) is 0.467. The minimum atomic E-state index is -2.93. The summed E-state index contributed by atoms with van der Waals surface area (Å²) in [4.78, 5) is 12.6. The number of ether oxygens (including phenoxy) is 1. The van der Waals surface area contributed by atoms with Crippen LogP contribution in [0.5, 0.6) is 5.75 Å². The molecular weight excluding hydrogens is 442 g/mol. The molecule has 164 valence electrons. The second-order valence-electron chi connectivity index (χ2n) is 6.98. The van der Waals surface area contributed by atoms with Gasteiger partial charge < -0.3 is 20.2 Å². The highest BCUT2D eigenvalue weighted by atomic mass is 32.2. The normalized spacial score (nSPS) is 17.5. The van der Waals surface area contributed by atoms with Crippen LogP contribution in [0.15, 0.2) is 33.9 Å². The van der Waals surface area contributed by atoms with Crippen LogP contribution in [0.4, 0.5) is 17.6 Å². The number of nitrogens with zero attached hydrogens (tertiary/aromatic N) is 5. The van der Waals surface area contributed by atoms with Crippen LogP contribution in [-0.4, -0.2) is 52.2 Å². The Labute approximate surface area is 183 Å². The zero-order chi connectivity index (χ0) is 21.8. The number of nitrogens with two attached hydrogens (primary N) is 1. The molecule has 0 saturated carbocycles. The monoisotopic (exact) mass is 463 g/mol. The highest BCUT2D eigenvalue weighted by molar-refractivity contribution is 7.98. The van der Waals surface area contributed by atoms with Crippen molar-refractivity contribution >= 4 is 39.2 Å². The topological polar surface area (TPSA) is 159 Å². The van der Waals surface area contributed by atoms with Crippen LogP contribution in [0.1, 0.15) is 18.1 Å². The van der Waals surface area contributed by atoms with Gasteiger partial charge in [0.05, 0.1) is 30.1 Å². The summed E-state index contributed by atoms with van der Waals surface area (Å²) in [6.07, 6.45) is 1.08. The maximum absolute atomic E-state index is 11.6. The van der Waals surface area contributed by atoms with Crippen LogP contribution in [0.2, 0.25) is 0 Å². The molecule has 1 fully saturated rings. The summed E-state index contributed by atoms with van der Waals surface area (Å²) >= 11 is 1.26. The van der Waals surface area contributed by atoms with E-state index in [1.165, 1.54) is 11.8 Å². The Hall–Kier alpha value is -2.93. The van der Waals surface area contributed by atoms with Crippen LogP contribution in [0, 0.1) is 5.92 Å². The van der Waals surface area contributed by atoms with Crippen LogP contribution in [0.3, 0.4) is 0 Å². The molecule has 2 aromatic heterocycles. The molecule has 0 unspecified atom stereocenters. The molecule has 4 rings (SSSR count). The number of rotatable bonds is 8. The molecule has 3 heterocycles. The Bertz CT molecular complexity index is 1170. The summed E-state index contributed by atoms with van der Waals surface area (Å²) in [6, 6.07) is 7.37. The van der Waals surface area contributed by atoms with Gasteiger partial charge in [-0.15, -0.1) is 10.2 Å². The SMILES string of the molecule is COc1ccccc1Nc1nc(N)nc(CSc2nnc(C[C@H]3CCS(=O)(=O)C3)o2)n1. The van der Waals surface area contributed by atoms with Crippen molar-refractivity contribution in [1.29, 1.82) is 0 Å². The summed E-state index contributed by atoms with van der Waals surface area (Å²) in [5.41, 5.74) is 6.53. The molecule has 3 N–H and O–H groups in total. The first-order valence-corrected chi connectivity index (χ1v) is 12.3. The number of hydrogen-bond donors (Lipinski definition) is 2. The number of methoxy groups -OCH3 is 1. The van der Waals surface area contributed by atoms with Gasteiger partial charge in [-0.05, 0) is 24.5 Å². The smallest absolute Gasteiger partial charge is 0.277 e. The van der Waals surface area contributed by atoms with Crippen molar-refractivity contribution in [1.82, 2.24) is 25.1 Å². The van der Waals surface area contributed by atoms with Crippen molar-refractivity contribution in [2.24, 2.45) is 5.92 Å². The Morgan fingerprint density at radius 1 is 1.26 bits per heavy atom. The van der Waals surface area contributed by atoms with Crippen LogP contribution < -0.4 is 15.8 Å². The van der Waals surface area contributed by atoms with E-state index in [1.807, 2.05) is 24.3 Å². The molecule has 1 atom stereocenters. The average molecular weight is 464 g/mol. The van der Waals surface area contributed by atoms with E-state index in [4.69, 9.17) is 14.9 Å². The van der Waals surface area contributed by atoms with Gasteiger partial charge in [-0.25, -0.2) is 8.42 Å². The molecule has 0 amide bonds. The standard InChI is InChI=1S/C18H21N7O4S2/c1-28-13-5-3-2-4-12(13)20-17-22-14(21-16(19)23-17)9-30-18-25-24-15(29-18)8-11-6-7-31(26,27)10-11/h2-5,11H,6-10H2,1H3,(H3,19,20,21,22,23)/t11-/m1/s1. The minimum absolute atomic E-state index is 0.0234. The lowest BCUT2D eigenvalue weighted by atomic mass is 10.1. The highest BCUT2D eigenvalue weighted by Gasteiger charge is 2.29. The average Bonchev–Trinajstić information content (AvgIpc) is 3.32. The van der Waals surface area contributed by atoms with Crippen molar-refractivity contribution in [3.8, 4) is 5.75 Å². The summed E-state index contributed by atoms with van der Waals surface area (Å²) < 4.78 is 34.1. The largest absolute Gasteiger partial charge is 0.495 e. The van der Waals surface area contributed by atoms with E-state index in [-0.39, 0.29) is 23.4 Å². The number of sulfone groups is 1. The number of aromatic nitrogens is 5. The van der Waals surface area contributed by atoms with Gasteiger partial charge in [0, 0.05) is 6.42 Å². The van der Waals surface area contributed by atoms with Crippen molar-refractivity contribution in [2.75, 3.05) is 29.7 Å². The molecule has 1 aromatic carbocycles. The van der Waals surface area contributed by atoms with Crippen LogP contribution in [-0.2, 0) is 22.0 Å². The first-order chi connectivity index (χ1) is 14.9. The number of anilines is 3. The van der Waals surface area contributed by atoms with Gasteiger partial charge >= 0.3 is 0 Å². The number of para-hydroxylation sites is 2. The van der Waals surface area contributed by atoms with E-state index in [2.05, 4.69) is 30.5 Å². The van der Waals surface area contributed by atoms with E-state index in [1.54, 1.807) is 7.11 Å². The lowest BCUT2D eigenvalue weighted by Crippen LogP contribution is -2.07. The van der Waals surface area contributed by atoms with E-state index in [0.717, 1.165) is 0 Å². The first-order valence-electron chi connectivity index (χ1n) is 9.46. The van der Waals surface area contributed by atoms with E-state index in [0.29, 0.717) is 52.9 Å². The van der Waals surface area contributed by atoms with Gasteiger partial charge in [-0.1, -0.05) is 23.9 Å². The number of benzene rings is 1. The van der Waals surface area contributed by atoms with Crippen molar-refractivity contribution in [3.05, 3.63) is 36.0 Å². The molecule has 3 aromatic rings. The lowest BCUT2D eigenvalue weighted by molar-refractivity contribution is 0.389. The molecule has 11 nitrogen and oxygen atoms in total. The predicted octanol–water partition coefficient (Wildman–Crippen LogP) is 1.86. The minimum Gasteiger partial charge on any atom is -0.495 e. The van der Waals surface area contributed by atoms with E-state index < -0.39 is 9.84 Å². The molecule has 1 saturated heterocycles. The third-order valence-corrected chi connectivity index (χ3v) is 7.27. The molecule has 31 heavy (non-hydrogen) atoms. The molecule has 1 aliphatic rings. The third kappa shape index (κ3) is 5.61. The Kier molecular flexibility index (Phi) is 6.23. The van der Waals surface area contributed by atoms with Crippen LogP contribution >= 0.6 is 11.8 Å². The maximum atomic E-state index is 11.6. The highest BCUT2D eigenvalue weighted by Crippen LogP contribution is 2.27. The summed E-state index contributed by atoms with van der Waals surface area (Å²) in [5.74, 6) is 2.64. The fourth-order valence-corrected chi connectivity index (χ4v) is 5.71. The fraction of sp³-hybridized carbons (Fsp3) is 0.389. The second kappa shape index (κ2) is 9.06. The number of nitrogens with one attached hydrogen (secondary N) is 1. The van der Waals surface area contributed by atoms with Crippen LogP contribution in [0.25, 0.3) is 0 Å². The van der Waals surface area contributed by atoms with E-state index >= 15 is 0 Å². The zero-order valence-electron chi connectivity index (χ0n) is 16.7. The number of hydrogen-bond acceptors (Lipinski definition) is 12. The first kappa shape index (κ1) is 21.3. The Morgan fingerprint density at radius 3 is 2.87 bits per heavy atom. The van der Waals surface area contributed by atoms with Crippen molar-refractivity contribution < 1.29 is 17.6 Å². The molecule has 1 aliphatic heterocycles. The Morgan fingerprint density at radius 2 is 2.10 bits per heavy atom. The molecule has 0 bridgehead atoms. The Balaban J connectivity index is 1.38. The maximum Gasteiger partial charge on any atom is 0.277 e. The lowest BCUT2D eigenvalue weighted by Gasteiger charge is -2.10. The van der Waals surface area contributed by atoms with Gasteiger partial charge in [0.15, 0.2) is 9.84 Å². The number of thioether (sulfide) groups is 1. The van der Waals surface area contributed by atoms with Gasteiger partial charge in [0.25, 0.3) is 5.22 Å². The molecule has 0 radical (unpaired) electrons. The zero-order valence-corrected chi connectivity index (χ0v) is 18.3.